The van der Waals surface area contributed by atoms with Crippen molar-refractivity contribution in [2.75, 3.05) is 24.3 Å². The molecular weight excluding hydrogens is 446 g/mol. The van der Waals surface area contributed by atoms with Gasteiger partial charge in [-0.25, -0.2) is 0 Å². The summed E-state index contributed by atoms with van der Waals surface area (Å²) in [6.45, 7) is 8.85. The molecule has 5 nitrogen and oxygen atoms in total. The Morgan fingerprint density at radius 2 is 1.67 bits per heavy atom. The van der Waals surface area contributed by atoms with Crippen LogP contribution in [-0.4, -0.2) is 36.9 Å². The molecule has 0 radical (unpaired) electrons. The predicted octanol–water partition coefficient (Wildman–Crippen LogP) is 6.98. The van der Waals surface area contributed by atoms with Gasteiger partial charge in [0.25, 0.3) is 0 Å². The molecule has 0 spiro atoms. The van der Waals surface area contributed by atoms with Crippen molar-refractivity contribution in [3.8, 4) is 0 Å². The Hall–Kier alpha value is -2.82. The van der Waals surface area contributed by atoms with Gasteiger partial charge < -0.3 is 15.1 Å². The van der Waals surface area contributed by atoms with Gasteiger partial charge in [0.2, 0.25) is 11.8 Å². The van der Waals surface area contributed by atoms with E-state index in [1.165, 1.54) is 19.3 Å². The standard InChI is InChI=1S/C31H45N3O2/c1-7-27(23-14-10-8-11-15-23)30(36)34(26-16-12-9-13-17-26)22-24-20-25(18-19-28(24)33(5)6)32-29(35)21-31(2,3)4/h8,10-11,14-15,18-20,26-27H,7,9,12-13,16-17,21-22H2,1-6H3,(H,32,35)/t27-/m0/s1. The van der Waals surface area contributed by atoms with Gasteiger partial charge >= 0.3 is 0 Å². The van der Waals surface area contributed by atoms with Gasteiger partial charge in [-0.15, -0.1) is 0 Å². The van der Waals surface area contributed by atoms with Crippen LogP contribution in [0.1, 0.15) is 89.7 Å². The minimum Gasteiger partial charge on any atom is -0.377 e. The van der Waals surface area contributed by atoms with Gasteiger partial charge in [0, 0.05) is 44.5 Å². The predicted molar refractivity (Wildman–Crippen MR) is 150 cm³/mol. The molecule has 1 fully saturated rings. The van der Waals surface area contributed by atoms with Gasteiger partial charge in [-0.1, -0.05) is 77.3 Å². The average Bonchev–Trinajstić information content (AvgIpc) is 2.83. The zero-order valence-electron chi connectivity index (χ0n) is 23.1. The van der Waals surface area contributed by atoms with Gasteiger partial charge in [0.05, 0.1) is 5.92 Å². The van der Waals surface area contributed by atoms with E-state index in [1.807, 2.05) is 38.4 Å². The summed E-state index contributed by atoms with van der Waals surface area (Å²) in [7, 11) is 4.06. The van der Waals surface area contributed by atoms with Crippen molar-refractivity contribution in [3.05, 3.63) is 59.7 Å². The molecule has 1 saturated carbocycles. The third-order valence-electron chi connectivity index (χ3n) is 7.08. The molecule has 196 valence electrons. The molecule has 2 aromatic carbocycles. The molecule has 0 heterocycles. The number of hydrogen-bond donors (Lipinski definition) is 1. The number of nitrogens with zero attached hydrogens (tertiary/aromatic N) is 2. The van der Waals surface area contributed by atoms with Crippen molar-refractivity contribution in [3.63, 3.8) is 0 Å². The van der Waals surface area contributed by atoms with E-state index in [1.54, 1.807) is 0 Å². The number of nitrogens with one attached hydrogen (secondary N) is 1. The van der Waals surface area contributed by atoms with Crippen LogP contribution in [0.15, 0.2) is 48.5 Å². The number of anilines is 2. The second kappa shape index (κ2) is 12.4. The van der Waals surface area contributed by atoms with E-state index < -0.39 is 0 Å². The maximum atomic E-state index is 14.1. The molecule has 36 heavy (non-hydrogen) atoms. The third-order valence-corrected chi connectivity index (χ3v) is 7.08. The van der Waals surface area contributed by atoms with Crippen LogP contribution in [0.5, 0.6) is 0 Å². The van der Waals surface area contributed by atoms with E-state index in [9.17, 15) is 9.59 Å². The minimum atomic E-state index is -0.148. The number of benzene rings is 2. The fourth-order valence-corrected chi connectivity index (χ4v) is 5.31. The summed E-state index contributed by atoms with van der Waals surface area (Å²) in [5.74, 6) is 0.0782. The van der Waals surface area contributed by atoms with Crippen molar-refractivity contribution >= 4 is 23.2 Å². The molecule has 5 heteroatoms. The van der Waals surface area contributed by atoms with Crippen molar-refractivity contribution in [2.45, 2.75) is 91.1 Å². The molecule has 0 aromatic heterocycles. The Labute approximate surface area is 218 Å². The quantitative estimate of drug-likeness (QED) is 0.412. The molecule has 0 aliphatic heterocycles. The molecule has 0 unspecified atom stereocenters. The highest BCUT2D eigenvalue weighted by Crippen LogP contribution is 2.32. The summed E-state index contributed by atoms with van der Waals surface area (Å²) in [4.78, 5) is 31.0. The number of carbonyl (C=O) groups excluding carboxylic acids is 2. The molecule has 0 bridgehead atoms. The Morgan fingerprint density at radius 3 is 2.25 bits per heavy atom. The fraction of sp³-hybridized carbons (Fsp3) is 0.548. The summed E-state index contributed by atoms with van der Waals surface area (Å²) in [6, 6.07) is 16.5. The largest absolute Gasteiger partial charge is 0.377 e. The Bertz CT molecular complexity index is 1000. The van der Waals surface area contributed by atoms with Crippen LogP contribution in [0.2, 0.25) is 0 Å². The molecule has 1 aliphatic carbocycles. The van der Waals surface area contributed by atoms with E-state index >= 15 is 0 Å². The van der Waals surface area contributed by atoms with Gasteiger partial charge in [-0.2, -0.15) is 0 Å². The van der Waals surface area contributed by atoms with E-state index in [-0.39, 0.29) is 29.2 Å². The van der Waals surface area contributed by atoms with E-state index in [2.05, 4.69) is 67.1 Å². The van der Waals surface area contributed by atoms with Gasteiger partial charge in [-0.05, 0) is 54.0 Å². The Kier molecular flexibility index (Phi) is 9.58. The lowest BCUT2D eigenvalue weighted by atomic mass is 9.90. The Balaban J connectivity index is 1.94. The number of rotatable bonds is 9. The highest BCUT2D eigenvalue weighted by atomic mass is 16.2. The molecule has 2 aromatic rings. The molecule has 2 amide bonds. The monoisotopic (exact) mass is 491 g/mol. The lowest BCUT2D eigenvalue weighted by Crippen LogP contribution is -2.43. The number of hydrogen-bond acceptors (Lipinski definition) is 3. The highest BCUT2D eigenvalue weighted by Gasteiger charge is 2.31. The second-order valence-corrected chi connectivity index (χ2v) is 11.7. The van der Waals surface area contributed by atoms with E-state index in [4.69, 9.17) is 0 Å². The first-order valence-corrected chi connectivity index (χ1v) is 13.5. The third kappa shape index (κ3) is 7.59. The maximum absolute atomic E-state index is 14.1. The molecule has 1 atom stereocenters. The fourth-order valence-electron chi connectivity index (χ4n) is 5.31. The molecule has 1 aliphatic rings. The average molecular weight is 492 g/mol. The van der Waals surface area contributed by atoms with Crippen LogP contribution in [0.25, 0.3) is 0 Å². The first-order chi connectivity index (χ1) is 17.1. The van der Waals surface area contributed by atoms with Gasteiger partial charge in [0.15, 0.2) is 0 Å². The normalized spacial score (nSPS) is 15.3. The van der Waals surface area contributed by atoms with Crippen LogP contribution < -0.4 is 10.2 Å². The minimum absolute atomic E-state index is 0.0152. The van der Waals surface area contributed by atoms with Crippen molar-refractivity contribution in [1.82, 2.24) is 4.90 Å². The molecule has 0 saturated heterocycles. The van der Waals surface area contributed by atoms with Crippen molar-refractivity contribution < 1.29 is 9.59 Å². The first kappa shape index (κ1) is 27.8. The van der Waals surface area contributed by atoms with Crippen LogP contribution in [0.4, 0.5) is 11.4 Å². The van der Waals surface area contributed by atoms with Crippen molar-refractivity contribution in [1.29, 1.82) is 0 Å². The molecule has 1 N–H and O–H groups in total. The zero-order valence-corrected chi connectivity index (χ0v) is 23.1. The van der Waals surface area contributed by atoms with Crippen LogP contribution in [-0.2, 0) is 16.1 Å². The van der Waals surface area contributed by atoms with Crippen LogP contribution >= 0.6 is 0 Å². The Morgan fingerprint density at radius 1 is 1.00 bits per heavy atom. The van der Waals surface area contributed by atoms with Gasteiger partial charge in [0.1, 0.15) is 0 Å². The summed E-state index contributed by atoms with van der Waals surface area (Å²) in [5.41, 5.74) is 3.94. The molecule has 3 rings (SSSR count). The lowest BCUT2D eigenvalue weighted by molar-refractivity contribution is -0.136. The maximum Gasteiger partial charge on any atom is 0.230 e. The summed E-state index contributed by atoms with van der Waals surface area (Å²) < 4.78 is 0. The second-order valence-electron chi connectivity index (χ2n) is 11.7. The first-order valence-electron chi connectivity index (χ1n) is 13.5. The highest BCUT2D eigenvalue weighted by molar-refractivity contribution is 5.91. The van der Waals surface area contributed by atoms with Crippen LogP contribution in [0, 0.1) is 5.41 Å². The number of carbonyl (C=O) groups is 2. The summed E-state index contributed by atoms with van der Waals surface area (Å²) >= 11 is 0. The smallest absolute Gasteiger partial charge is 0.230 e. The van der Waals surface area contributed by atoms with Crippen LogP contribution in [0.3, 0.4) is 0 Å². The van der Waals surface area contributed by atoms with E-state index in [0.717, 1.165) is 41.8 Å². The SMILES string of the molecule is CC[C@H](C(=O)N(Cc1cc(NC(=O)CC(C)(C)C)ccc1N(C)C)C1CCCCC1)c1ccccc1. The van der Waals surface area contributed by atoms with Crippen molar-refractivity contribution in [2.24, 2.45) is 5.41 Å². The van der Waals surface area contributed by atoms with Gasteiger partial charge in [-0.3, -0.25) is 9.59 Å². The zero-order chi connectivity index (χ0) is 26.3. The molecular formula is C31H45N3O2. The summed E-state index contributed by atoms with van der Waals surface area (Å²) in [6.07, 6.45) is 6.91. The number of amides is 2. The summed E-state index contributed by atoms with van der Waals surface area (Å²) in [5, 5.41) is 3.09. The topological polar surface area (TPSA) is 52.7 Å². The van der Waals surface area contributed by atoms with E-state index in [0.29, 0.717) is 13.0 Å². The lowest BCUT2D eigenvalue weighted by Gasteiger charge is -2.37.